The highest BCUT2D eigenvalue weighted by atomic mass is 32.2. The summed E-state index contributed by atoms with van der Waals surface area (Å²) in [6.45, 7) is 3.59. The van der Waals surface area contributed by atoms with E-state index >= 15 is 0 Å². The smallest absolute Gasteiger partial charge is 0.287 e. The maximum atomic E-state index is 12.9. The Hall–Kier alpha value is -3.07. The van der Waals surface area contributed by atoms with Gasteiger partial charge in [0.2, 0.25) is 5.91 Å². The molecule has 156 valence electrons. The minimum Gasteiger partial charge on any atom is -0.459 e. The van der Waals surface area contributed by atoms with Crippen molar-refractivity contribution in [2.24, 2.45) is 0 Å². The van der Waals surface area contributed by atoms with Crippen LogP contribution in [-0.2, 0) is 24.3 Å². The third-order valence-electron chi connectivity index (χ3n) is 5.00. The number of furan rings is 1. The number of thioether (sulfide) groups is 1. The molecular formula is C21H23N5O3S. The summed E-state index contributed by atoms with van der Waals surface area (Å²) in [4.78, 5) is 26.8. The Morgan fingerprint density at radius 2 is 2.07 bits per heavy atom. The number of carbonyl (C=O) groups is 2. The number of aromatic nitrogens is 3. The lowest BCUT2D eigenvalue weighted by Crippen LogP contribution is -2.36. The number of benzene rings is 1. The maximum Gasteiger partial charge on any atom is 0.287 e. The van der Waals surface area contributed by atoms with Crippen molar-refractivity contribution in [1.29, 1.82) is 0 Å². The molecule has 2 amide bonds. The lowest BCUT2D eigenvalue weighted by molar-refractivity contribution is -0.116. The van der Waals surface area contributed by atoms with Crippen LogP contribution in [0.4, 0.5) is 5.69 Å². The topological polar surface area (TPSA) is 93.3 Å². The summed E-state index contributed by atoms with van der Waals surface area (Å²) in [6.07, 6.45) is 3.43. The van der Waals surface area contributed by atoms with Crippen LogP contribution in [0, 0.1) is 0 Å². The lowest BCUT2D eigenvalue weighted by Gasteiger charge is -2.29. The van der Waals surface area contributed by atoms with Gasteiger partial charge >= 0.3 is 0 Å². The van der Waals surface area contributed by atoms with E-state index in [1.807, 2.05) is 34.6 Å². The van der Waals surface area contributed by atoms with Gasteiger partial charge in [-0.05, 0) is 43.5 Å². The minimum absolute atomic E-state index is 0.0606. The molecule has 0 spiro atoms. The van der Waals surface area contributed by atoms with E-state index in [0.29, 0.717) is 17.5 Å². The first-order valence-corrected chi connectivity index (χ1v) is 10.9. The number of nitrogens with one attached hydrogen (secondary N) is 1. The van der Waals surface area contributed by atoms with E-state index in [4.69, 9.17) is 4.42 Å². The van der Waals surface area contributed by atoms with Crippen molar-refractivity contribution in [1.82, 2.24) is 20.1 Å². The summed E-state index contributed by atoms with van der Waals surface area (Å²) in [6, 6.07) is 11.3. The normalized spacial score (nSPS) is 13.2. The highest BCUT2D eigenvalue weighted by Crippen LogP contribution is 2.28. The van der Waals surface area contributed by atoms with Gasteiger partial charge in [-0.1, -0.05) is 30.0 Å². The van der Waals surface area contributed by atoms with E-state index in [0.717, 1.165) is 25.1 Å². The number of fused-ring (bicyclic) bond motifs is 1. The molecule has 1 aromatic carbocycles. The van der Waals surface area contributed by atoms with E-state index in [9.17, 15) is 9.59 Å². The first-order chi connectivity index (χ1) is 14.7. The van der Waals surface area contributed by atoms with Crippen LogP contribution < -0.4 is 10.2 Å². The average Bonchev–Trinajstić information content (AvgIpc) is 3.45. The molecule has 0 unspecified atom stereocenters. The number of para-hydroxylation sites is 1. The Bertz CT molecular complexity index is 1030. The van der Waals surface area contributed by atoms with Crippen molar-refractivity contribution in [3.8, 4) is 0 Å². The quantitative estimate of drug-likeness (QED) is 0.585. The monoisotopic (exact) mass is 425 g/mol. The molecule has 3 aromatic rings. The van der Waals surface area contributed by atoms with Gasteiger partial charge in [-0.15, -0.1) is 10.2 Å². The van der Waals surface area contributed by atoms with E-state index in [2.05, 4.69) is 21.6 Å². The van der Waals surface area contributed by atoms with Crippen LogP contribution >= 0.6 is 11.8 Å². The largest absolute Gasteiger partial charge is 0.459 e. The van der Waals surface area contributed by atoms with E-state index in [1.54, 1.807) is 12.1 Å². The lowest BCUT2D eigenvalue weighted by atomic mass is 10.0. The van der Waals surface area contributed by atoms with Crippen LogP contribution in [0.3, 0.4) is 0 Å². The maximum absolute atomic E-state index is 12.9. The molecule has 4 rings (SSSR count). The second kappa shape index (κ2) is 9.17. The van der Waals surface area contributed by atoms with E-state index in [1.165, 1.54) is 23.6 Å². The van der Waals surface area contributed by atoms with E-state index in [-0.39, 0.29) is 29.9 Å². The fraction of sp³-hybridized carbons (Fsp3) is 0.333. The summed E-state index contributed by atoms with van der Waals surface area (Å²) in [5.74, 6) is 0.921. The zero-order valence-corrected chi connectivity index (χ0v) is 17.5. The molecule has 1 aliphatic rings. The predicted molar refractivity (Wildman–Crippen MR) is 113 cm³/mol. The van der Waals surface area contributed by atoms with Gasteiger partial charge < -0.3 is 19.2 Å². The molecule has 0 radical (unpaired) electrons. The molecule has 0 atom stereocenters. The fourth-order valence-electron chi connectivity index (χ4n) is 3.53. The number of amides is 2. The highest BCUT2D eigenvalue weighted by molar-refractivity contribution is 7.99. The van der Waals surface area contributed by atoms with Gasteiger partial charge in [0.25, 0.3) is 5.91 Å². The molecule has 2 aromatic heterocycles. The highest BCUT2D eigenvalue weighted by Gasteiger charge is 2.23. The average molecular weight is 426 g/mol. The van der Waals surface area contributed by atoms with Crippen molar-refractivity contribution in [3.05, 3.63) is 59.8 Å². The van der Waals surface area contributed by atoms with Gasteiger partial charge in [0, 0.05) is 18.8 Å². The van der Waals surface area contributed by atoms with Gasteiger partial charge in [0.1, 0.15) is 0 Å². The second-order valence-corrected chi connectivity index (χ2v) is 7.81. The molecule has 0 fully saturated rings. The first kappa shape index (κ1) is 20.2. The number of nitrogens with zero attached hydrogens (tertiary/aromatic N) is 4. The zero-order valence-electron chi connectivity index (χ0n) is 16.7. The predicted octanol–water partition coefficient (Wildman–Crippen LogP) is 2.89. The molecule has 0 aliphatic carbocycles. The van der Waals surface area contributed by atoms with Crippen LogP contribution in [0.5, 0.6) is 0 Å². The van der Waals surface area contributed by atoms with Gasteiger partial charge in [-0.3, -0.25) is 9.59 Å². The molecule has 0 saturated carbocycles. The number of hydrogen-bond donors (Lipinski definition) is 1. The molecule has 3 heterocycles. The van der Waals surface area contributed by atoms with Crippen LogP contribution in [0.25, 0.3) is 0 Å². The van der Waals surface area contributed by atoms with Gasteiger partial charge in [-0.2, -0.15) is 0 Å². The number of carbonyl (C=O) groups excluding carboxylic acids is 2. The van der Waals surface area contributed by atoms with Gasteiger partial charge in [0.05, 0.1) is 18.6 Å². The van der Waals surface area contributed by atoms with Crippen LogP contribution in [-0.4, -0.2) is 38.9 Å². The molecule has 9 heteroatoms. The molecule has 8 nitrogen and oxygen atoms in total. The Balaban J connectivity index is 1.38. The Kier molecular flexibility index (Phi) is 6.18. The number of anilines is 1. The molecule has 0 saturated heterocycles. The summed E-state index contributed by atoms with van der Waals surface area (Å²) in [7, 11) is 0. The van der Waals surface area contributed by atoms with Gasteiger partial charge in [-0.25, -0.2) is 0 Å². The van der Waals surface area contributed by atoms with Gasteiger partial charge in [0.15, 0.2) is 16.7 Å². The molecule has 0 bridgehead atoms. The minimum atomic E-state index is -0.307. The van der Waals surface area contributed by atoms with E-state index < -0.39 is 0 Å². The van der Waals surface area contributed by atoms with Crippen molar-refractivity contribution in [3.63, 3.8) is 0 Å². The number of aryl methyl sites for hydroxylation is 1. The Morgan fingerprint density at radius 1 is 1.20 bits per heavy atom. The summed E-state index contributed by atoms with van der Waals surface area (Å²) in [5, 5.41) is 11.8. The number of hydrogen-bond acceptors (Lipinski definition) is 6. The Morgan fingerprint density at radius 3 is 2.87 bits per heavy atom. The third-order valence-corrected chi connectivity index (χ3v) is 5.95. The van der Waals surface area contributed by atoms with Crippen molar-refractivity contribution in [2.45, 2.75) is 38.0 Å². The molecule has 30 heavy (non-hydrogen) atoms. The van der Waals surface area contributed by atoms with Crippen molar-refractivity contribution >= 4 is 29.3 Å². The van der Waals surface area contributed by atoms with Crippen molar-refractivity contribution < 1.29 is 14.0 Å². The molecule has 1 aliphatic heterocycles. The SMILES string of the molecule is CCn1c(CNC(=O)c2ccco2)nnc1SCC(=O)N1CCCc2ccccc21. The van der Waals surface area contributed by atoms with Crippen LogP contribution in [0.1, 0.15) is 35.3 Å². The first-order valence-electron chi connectivity index (χ1n) is 9.92. The summed E-state index contributed by atoms with van der Waals surface area (Å²) >= 11 is 1.37. The van der Waals surface area contributed by atoms with Crippen LogP contribution in [0.15, 0.2) is 52.2 Å². The van der Waals surface area contributed by atoms with Crippen LogP contribution in [0.2, 0.25) is 0 Å². The standard InChI is InChI=1S/C21H23N5O3S/c1-2-25-18(13-22-20(28)17-10-6-12-29-17)23-24-21(25)30-14-19(27)26-11-5-8-15-7-3-4-9-16(15)26/h3-4,6-7,9-10,12H,2,5,8,11,13-14H2,1H3,(H,22,28). The number of rotatable bonds is 7. The summed E-state index contributed by atoms with van der Waals surface area (Å²) < 4.78 is 7.00. The molecule has 1 N–H and O–H groups in total. The Labute approximate surface area is 178 Å². The third kappa shape index (κ3) is 4.25. The summed E-state index contributed by atoms with van der Waals surface area (Å²) in [5.41, 5.74) is 2.22. The van der Waals surface area contributed by atoms with Crippen molar-refractivity contribution in [2.75, 3.05) is 17.2 Å². The molecular weight excluding hydrogens is 402 g/mol. The zero-order chi connectivity index (χ0) is 20.9. The second-order valence-electron chi connectivity index (χ2n) is 6.87. The fourth-order valence-corrected chi connectivity index (χ4v) is 4.42.